The summed E-state index contributed by atoms with van der Waals surface area (Å²) in [6.07, 6.45) is 1.31. The van der Waals surface area contributed by atoms with Crippen molar-refractivity contribution < 1.29 is 26.7 Å². The Morgan fingerprint density at radius 2 is 1.82 bits per heavy atom. The average molecular weight is 499 g/mol. The maximum atomic E-state index is 15.3. The van der Waals surface area contributed by atoms with Crippen LogP contribution >= 0.6 is 11.8 Å². The van der Waals surface area contributed by atoms with Gasteiger partial charge in [0.25, 0.3) is 10.0 Å². The van der Waals surface area contributed by atoms with E-state index < -0.39 is 21.7 Å². The Labute approximate surface area is 198 Å². The average Bonchev–Trinajstić information content (AvgIpc) is 3.24. The molecule has 0 unspecified atom stereocenters. The molecule has 3 aromatic carbocycles. The second-order valence-corrected chi connectivity index (χ2v) is 10.1. The Bertz CT molecular complexity index is 1560. The van der Waals surface area contributed by atoms with Crippen LogP contribution in [0.5, 0.6) is 11.5 Å². The molecule has 0 aliphatic carbocycles. The molecular weight excluding hydrogens is 482 g/mol. The van der Waals surface area contributed by atoms with Crippen molar-refractivity contribution in [1.82, 2.24) is 3.97 Å². The molecule has 4 rings (SSSR count). The number of aromatic nitrogens is 1. The van der Waals surface area contributed by atoms with Crippen molar-refractivity contribution in [3.05, 3.63) is 89.6 Å². The van der Waals surface area contributed by atoms with E-state index in [0.717, 1.165) is 33.9 Å². The SMILES string of the molecule is CC(=O)SCc1c(Oc2ccc(F)c(C#N)c2)c(F)cc2c1ccn2S(=O)(=O)c1ccccc1. The Hall–Kier alpha value is -3.68. The number of hydrogen-bond donors (Lipinski definition) is 0. The van der Waals surface area contributed by atoms with E-state index in [1.54, 1.807) is 24.3 Å². The first kappa shape index (κ1) is 23.5. The van der Waals surface area contributed by atoms with Gasteiger partial charge >= 0.3 is 0 Å². The molecule has 6 nitrogen and oxygen atoms in total. The van der Waals surface area contributed by atoms with Gasteiger partial charge in [-0.3, -0.25) is 4.79 Å². The van der Waals surface area contributed by atoms with Gasteiger partial charge in [-0.1, -0.05) is 30.0 Å². The minimum absolute atomic E-state index is 0.000621. The second kappa shape index (κ2) is 9.29. The lowest BCUT2D eigenvalue weighted by Crippen LogP contribution is -2.12. The van der Waals surface area contributed by atoms with Gasteiger partial charge in [-0.25, -0.2) is 21.2 Å². The van der Waals surface area contributed by atoms with E-state index in [-0.39, 0.29) is 43.9 Å². The summed E-state index contributed by atoms with van der Waals surface area (Å²) in [6.45, 7) is 1.35. The highest BCUT2D eigenvalue weighted by molar-refractivity contribution is 8.12. The van der Waals surface area contributed by atoms with Crippen LogP contribution in [0.25, 0.3) is 10.9 Å². The van der Waals surface area contributed by atoms with Crippen molar-refractivity contribution in [2.24, 2.45) is 0 Å². The molecule has 0 saturated carbocycles. The van der Waals surface area contributed by atoms with E-state index in [2.05, 4.69) is 0 Å². The predicted octanol–water partition coefficient (Wildman–Crippen LogP) is 5.60. The highest BCUT2D eigenvalue weighted by Crippen LogP contribution is 2.38. The molecule has 0 atom stereocenters. The first-order chi connectivity index (χ1) is 16.2. The number of halogens is 2. The zero-order chi connectivity index (χ0) is 24.5. The number of hydrogen-bond acceptors (Lipinski definition) is 6. The van der Waals surface area contributed by atoms with Gasteiger partial charge in [0.05, 0.1) is 16.0 Å². The first-order valence-electron chi connectivity index (χ1n) is 9.86. The Morgan fingerprint density at radius 3 is 2.50 bits per heavy atom. The molecule has 0 aliphatic heterocycles. The molecule has 0 N–H and O–H groups in total. The minimum Gasteiger partial charge on any atom is -0.454 e. The summed E-state index contributed by atoms with van der Waals surface area (Å²) in [6, 6.07) is 15.3. The van der Waals surface area contributed by atoms with Gasteiger partial charge in [0, 0.05) is 42.0 Å². The van der Waals surface area contributed by atoms with Crippen molar-refractivity contribution in [2.45, 2.75) is 17.6 Å². The number of thioether (sulfide) groups is 1. The van der Waals surface area contributed by atoms with Gasteiger partial charge in [0.15, 0.2) is 16.7 Å². The van der Waals surface area contributed by atoms with Crippen LogP contribution in [0.15, 0.2) is 71.8 Å². The van der Waals surface area contributed by atoms with Crippen molar-refractivity contribution in [2.75, 3.05) is 0 Å². The number of carbonyl (C=O) groups is 1. The van der Waals surface area contributed by atoms with Crippen molar-refractivity contribution in [1.29, 1.82) is 5.26 Å². The van der Waals surface area contributed by atoms with Crippen LogP contribution in [0.2, 0.25) is 0 Å². The monoisotopic (exact) mass is 498 g/mol. The molecule has 172 valence electrons. The second-order valence-electron chi connectivity index (χ2n) is 7.16. The van der Waals surface area contributed by atoms with Crippen LogP contribution in [0.4, 0.5) is 8.78 Å². The highest BCUT2D eigenvalue weighted by atomic mass is 32.2. The normalized spacial score (nSPS) is 11.4. The summed E-state index contributed by atoms with van der Waals surface area (Å²) in [4.78, 5) is 11.7. The molecule has 0 amide bonds. The zero-order valence-electron chi connectivity index (χ0n) is 17.7. The standard InChI is InChI=1S/C24H16F2N2O4S2/c1-15(29)33-14-20-19-9-10-28(34(30,31)18-5-3-2-4-6-18)23(19)12-22(26)24(20)32-17-7-8-21(25)16(11-17)13-27/h2-12H,14H2,1H3. The van der Waals surface area contributed by atoms with Crippen LogP contribution in [0, 0.1) is 23.0 Å². The molecule has 0 fully saturated rings. The van der Waals surface area contributed by atoms with Crippen LogP contribution in [-0.4, -0.2) is 17.5 Å². The molecule has 0 radical (unpaired) electrons. The van der Waals surface area contributed by atoms with E-state index in [1.807, 2.05) is 0 Å². The number of carbonyl (C=O) groups excluding carboxylic acids is 1. The van der Waals surface area contributed by atoms with Crippen LogP contribution in [0.3, 0.4) is 0 Å². The van der Waals surface area contributed by atoms with Crippen LogP contribution in [0.1, 0.15) is 18.1 Å². The van der Waals surface area contributed by atoms with Crippen molar-refractivity contribution in [3.63, 3.8) is 0 Å². The van der Waals surface area contributed by atoms with E-state index in [9.17, 15) is 17.6 Å². The van der Waals surface area contributed by atoms with Gasteiger partial charge in [0.1, 0.15) is 17.6 Å². The number of rotatable bonds is 6. The lowest BCUT2D eigenvalue weighted by atomic mass is 10.1. The van der Waals surface area contributed by atoms with Gasteiger partial charge in [-0.15, -0.1) is 0 Å². The Balaban J connectivity index is 1.89. The maximum Gasteiger partial charge on any atom is 0.268 e. The van der Waals surface area contributed by atoms with Crippen molar-refractivity contribution in [3.8, 4) is 17.6 Å². The molecule has 4 aromatic rings. The van der Waals surface area contributed by atoms with Gasteiger partial charge in [-0.05, 0) is 30.3 Å². The third-order valence-electron chi connectivity index (χ3n) is 4.97. The lowest BCUT2D eigenvalue weighted by molar-refractivity contribution is -0.109. The largest absolute Gasteiger partial charge is 0.454 e. The smallest absolute Gasteiger partial charge is 0.268 e. The molecule has 10 heteroatoms. The lowest BCUT2D eigenvalue weighted by Gasteiger charge is -2.15. The van der Waals surface area contributed by atoms with Gasteiger partial charge < -0.3 is 4.74 Å². The van der Waals surface area contributed by atoms with Crippen LogP contribution < -0.4 is 4.74 Å². The van der Waals surface area contributed by atoms with E-state index in [4.69, 9.17) is 10.00 Å². The molecular formula is C24H16F2N2O4S2. The minimum atomic E-state index is -4.01. The van der Waals surface area contributed by atoms with E-state index in [0.29, 0.717) is 5.39 Å². The molecule has 0 spiro atoms. The Kier molecular flexibility index (Phi) is 6.41. The van der Waals surface area contributed by atoms with Gasteiger partial charge in [-0.2, -0.15) is 5.26 Å². The maximum absolute atomic E-state index is 15.3. The summed E-state index contributed by atoms with van der Waals surface area (Å²) in [5.74, 6) is -1.85. The van der Waals surface area contributed by atoms with E-state index in [1.165, 1.54) is 37.4 Å². The summed E-state index contributed by atoms with van der Waals surface area (Å²) >= 11 is 0.899. The number of nitriles is 1. The van der Waals surface area contributed by atoms with Gasteiger partial charge in [0.2, 0.25) is 0 Å². The predicted molar refractivity (Wildman–Crippen MR) is 124 cm³/mol. The number of nitrogens with zero attached hydrogens (tertiary/aromatic N) is 2. The summed E-state index contributed by atoms with van der Waals surface area (Å²) < 4.78 is 62.0. The quantitative estimate of drug-likeness (QED) is 0.344. The van der Waals surface area contributed by atoms with Crippen molar-refractivity contribution >= 4 is 37.8 Å². The first-order valence-corrected chi connectivity index (χ1v) is 12.3. The summed E-state index contributed by atoms with van der Waals surface area (Å²) in [7, 11) is -4.01. The highest BCUT2D eigenvalue weighted by Gasteiger charge is 2.24. The number of fused-ring (bicyclic) bond motifs is 1. The fourth-order valence-electron chi connectivity index (χ4n) is 3.39. The van der Waals surface area contributed by atoms with Crippen LogP contribution in [-0.2, 0) is 20.6 Å². The molecule has 0 saturated heterocycles. The molecule has 0 aliphatic rings. The topological polar surface area (TPSA) is 89.2 Å². The molecule has 0 bridgehead atoms. The zero-order valence-corrected chi connectivity index (χ0v) is 19.3. The summed E-state index contributed by atoms with van der Waals surface area (Å²) in [5, 5.41) is 9.20. The summed E-state index contributed by atoms with van der Waals surface area (Å²) in [5.41, 5.74) is 0.0449. The third-order valence-corrected chi connectivity index (χ3v) is 7.51. The molecule has 1 aromatic heterocycles. The molecule has 34 heavy (non-hydrogen) atoms. The fourth-order valence-corrected chi connectivity index (χ4v) is 5.38. The fraction of sp³-hybridized carbons (Fsp3) is 0.0833. The number of ether oxygens (including phenoxy) is 1. The molecule has 1 heterocycles. The third kappa shape index (κ3) is 4.40. The van der Waals surface area contributed by atoms with E-state index >= 15 is 4.39 Å². The number of benzene rings is 3. The Morgan fingerprint density at radius 1 is 1.09 bits per heavy atom.